The number of para-hydroxylation sites is 2. The summed E-state index contributed by atoms with van der Waals surface area (Å²) in [5.41, 5.74) is 1.09. The number of thiazole rings is 1. The van der Waals surface area contributed by atoms with Gasteiger partial charge in [0.1, 0.15) is 11.3 Å². The predicted octanol–water partition coefficient (Wildman–Crippen LogP) is 4.59. The zero-order chi connectivity index (χ0) is 22.7. The highest BCUT2D eigenvalue weighted by Crippen LogP contribution is 2.29. The Morgan fingerprint density at radius 3 is 2.84 bits per heavy atom. The highest BCUT2D eigenvalue weighted by molar-refractivity contribution is 9.11. The molecule has 0 unspecified atom stereocenters. The van der Waals surface area contributed by atoms with Crippen molar-refractivity contribution in [3.05, 3.63) is 52.4 Å². The maximum atomic E-state index is 12.8. The van der Waals surface area contributed by atoms with E-state index in [-0.39, 0.29) is 21.8 Å². The number of thioether (sulfide) groups is 1. The van der Waals surface area contributed by atoms with Gasteiger partial charge in [-0.2, -0.15) is 0 Å². The lowest BCUT2D eigenvalue weighted by Gasteiger charge is -2.11. The fourth-order valence-corrected chi connectivity index (χ4v) is 5.49. The van der Waals surface area contributed by atoms with Crippen LogP contribution in [0.5, 0.6) is 5.75 Å². The van der Waals surface area contributed by atoms with E-state index in [1.54, 1.807) is 30.5 Å². The third-order valence-corrected chi connectivity index (χ3v) is 7.63. The summed E-state index contributed by atoms with van der Waals surface area (Å²) in [5.74, 6) is 0.203. The molecule has 0 spiro atoms. The van der Waals surface area contributed by atoms with E-state index in [0.717, 1.165) is 15.5 Å². The Bertz CT molecular complexity index is 1390. The van der Waals surface area contributed by atoms with Gasteiger partial charge in [-0.25, -0.2) is 18.4 Å². The number of nitrogens with one attached hydrogen (secondary N) is 2. The topological polar surface area (TPSA) is 123 Å². The van der Waals surface area contributed by atoms with Crippen LogP contribution in [-0.4, -0.2) is 37.2 Å². The highest BCUT2D eigenvalue weighted by atomic mass is 79.9. The van der Waals surface area contributed by atoms with E-state index in [4.69, 9.17) is 9.15 Å². The van der Waals surface area contributed by atoms with Crippen molar-refractivity contribution in [2.24, 2.45) is 0 Å². The molecular formula is C19H15BrN4O5S3. The van der Waals surface area contributed by atoms with E-state index >= 15 is 0 Å². The first-order chi connectivity index (χ1) is 15.3. The first kappa shape index (κ1) is 22.6. The van der Waals surface area contributed by atoms with Crippen LogP contribution in [0.4, 0.5) is 10.8 Å². The molecule has 0 aliphatic carbocycles. The van der Waals surface area contributed by atoms with Gasteiger partial charge in [-0.1, -0.05) is 35.2 Å². The lowest BCUT2D eigenvalue weighted by Crippen LogP contribution is -2.13. The van der Waals surface area contributed by atoms with Crippen LogP contribution in [0, 0.1) is 0 Å². The van der Waals surface area contributed by atoms with Gasteiger partial charge in [-0.15, -0.1) is 0 Å². The van der Waals surface area contributed by atoms with E-state index in [2.05, 4.69) is 35.9 Å². The Morgan fingerprint density at radius 2 is 2.09 bits per heavy atom. The Labute approximate surface area is 199 Å². The highest BCUT2D eigenvalue weighted by Gasteiger charge is 2.19. The number of sulfonamides is 1. The number of benzene rings is 2. The van der Waals surface area contributed by atoms with Crippen LogP contribution < -0.4 is 14.8 Å². The summed E-state index contributed by atoms with van der Waals surface area (Å²) in [6, 6.07) is 11.1. The van der Waals surface area contributed by atoms with Crippen molar-refractivity contribution in [1.82, 2.24) is 9.97 Å². The zero-order valence-corrected chi connectivity index (χ0v) is 20.4. The number of carbonyl (C=O) groups is 1. The molecule has 0 aliphatic rings. The lowest BCUT2D eigenvalue weighted by atomic mass is 10.3. The van der Waals surface area contributed by atoms with Gasteiger partial charge in [0.15, 0.2) is 10.7 Å². The summed E-state index contributed by atoms with van der Waals surface area (Å²) in [5, 5.41) is 3.41. The Hall–Kier alpha value is -2.61. The number of hydrogen-bond acceptors (Lipinski definition) is 9. The largest absolute Gasteiger partial charge is 0.495 e. The van der Waals surface area contributed by atoms with Gasteiger partial charge < -0.3 is 14.5 Å². The Kier molecular flexibility index (Phi) is 6.69. The molecule has 166 valence electrons. The quantitative estimate of drug-likeness (QED) is 0.303. The summed E-state index contributed by atoms with van der Waals surface area (Å²) in [7, 11) is -2.42. The minimum absolute atomic E-state index is 0.0212. The average Bonchev–Trinajstić information content (AvgIpc) is 3.37. The van der Waals surface area contributed by atoms with Crippen LogP contribution >= 0.6 is 39.0 Å². The summed E-state index contributed by atoms with van der Waals surface area (Å²) >= 11 is 5.68. The van der Waals surface area contributed by atoms with Gasteiger partial charge in [0.05, 0.1) is 33.4 Å². The third-order valence-electron chi connectivity index (χ3n) is 4.05. The van der Waals surface area contributed by atoms with Crippen molar-refractivity contribution in [3.63, 3.8) is 0 Å². The molecule has 2 aromatic carbocycles. The zero-order valence-electron chi connectivity index (χ0n) is 16.4. The van der Waals surface area contributed by atoms with Gasteiger partial charge in [0, 0.05) is 0 Å². The second kappa shape index (κ2) is 9.48. The number of aromatic nitrogens is 2. The summed E-state index contributed by atoms with van der Waals surface area (Å²) in [4.78, 5) is 20.4. The molecule has 4 aromatic rings. The van der Waals surface area contributed by atoms with E-state index in [1.807, 2.05) is 0 Å². The second-order valence-corrected chi connectivity index (χ2v) is 11.2. The normalized spacial score (nSPS) is 11.4. The van der Waals surface area contributed by atoms with Crippen LogP contribution in [0.25, 0.3) is 11.1 Å². The summed E-state index contributed by atoms with van der Waals surface area (Å²) < 4.78 is 39.8. The number of amides is 1. The van der Waals surface area contributed by atoms with Crippen LogP contribution in [-0.2, 0) is 14.8 Å². The number of methoxy groups -OCH3 is 1. The number of halogens is 1. The van der Waals surface area contributed by atoms with Crippen molar-refractivity contribution in [2.45, 2.75) is 10.1 Å². The molecule has 0 bridgehead atoms. The maximum absolute atomic E-state index is 12.8. The van der Waals surface area contributed by atoms with Crippen molar-refractivity contribution < 1.29 is 22.4 Å². The molecule has 2 N–H and O–H groups in total. The van der Waals surface area contributed by atoms with E-state index in [1.165, 1.54) is 36.6 Å². The van der Waals surface area contributed by atoms with Crippen LogP contribution in [0.3, 0.4) is 0 Å². The molecule has 0 saturated carbocycles. The molecule has 0 radical (unpaired) electrons. The summed E-state index contributed by atoms with van der Waals surface area (Å²) in [6.45, 7) is 0. The average molecular weight is 555 g/mol. The summed E-state index contributed by atoms with van der Waals surface area (Å²) in [6.07, 6.45) is 1.60. The fraction of sp³-hybridized carbons (Fsp3) is 0.105. The number of anilines is 2. The van der Waals surface area contributed by atoms with Gasteiger partial charge in [-0.05, 0) is 46.3 Å². The number of nitrogens with zero attached hydrogens (tertiary/aromatic N) is 2. The molecule has 4 rings (SSSR count). The van der Waals surface area contributed by atoms with Gasteiger partial charge in [0.25, 0.3) is 15.2 Å². The number of carbonyl (C=O) groups excluding carboxylic acids is 1. The van der Waals surface area contributed by atoms with Crippen molar-refractivity contribution >= 4 is 76.9 Å². The molecular weight excluding hydrogens is 540 g/mol. The van der Waals surface area contributed by atoms with Crippen molar-refractivity contribution in [2.75, 3.05) is 22.9 Å². The Balaban J connectivity index is 1.47. The minimum atomic E-state index is -3.88. The standard InChI is InChI=1S/C19H15BrN4O5S3/c1-28-14-5-3-2-4-12(14)24-32(26,27)11-6-7-15-13(8-11)22-19(29-15)30-10-17(25)23-18-21-9-16(20)31-18/h2-9,24H,10H2,1H3,(H,21,23,25). The lowest BCUT2D eigenvalue weighted by molar-refractivity contribution is -0.113. The second-order valence-electron chi connectivity index (χ2n) is 6.22. The third kappa shape index (κ3) is 5.23. The molecule has 1 amide bonds. The minimum Gasteiger partial charge on any atom is -0.495 e. The monoisotopic (exact) mass is 554 g/mol. The van der Waals surface area contributed by atoms with Crippen LogP contribution in [0.2, 0.25) is 0 Å². The molecule has 0 fully saturated rings. The SMILES string of the molecule is COc1ccccc1NS(=O)(=O)c1ccc2oc(SCC(=O)Nc3ncc(Br)s3)nc2c1. The van der Waals surface area contributed by atoms with Crippen LogP contribution in [0.1, 0.15) is 0 Å². The van der Waals surface area contributed by atoms with Gasteiger partial charge >= 0.3 is 0 Å². The number of hydrogen-bond donors (Lipinski definition) is 2. The van der Waals surface area contributed by atoms with Gasteiger partial charge in [0.2, 0.25) is 5.91 Å². The molecule has 9 nitrogen and oxygen atoms in total. The van der Waals surface area contributed by atoms with E-state index < -0.39 is 10.0 Å². The molecule has 13 heteroatoms. The molecule has 0 aliphatic heterocycles. The molecule has 2 heterocycles. The molecule has 2 aromatic heterocycles. The fourth-order valence-electron chi connectivity index (χ4n) is 2.64. The molecule has 32 heavy (non-hydrogen) atoms. The van der Waals surface area contributed by atoms with Crippen LogP contribution in [0.15, 0.2) is 67.0 Å². The smallest absolute Gasteiger partial charge is 0.262 e. The maximum Gasteiger partial charge on any atom is 0.262 e. The van der Waals surface area contributed by atoms with Crippen molar-refractivity contribution in [3.8, 4) is 5.75 Å². The number of ether oxygens (including phenoxy) is 1. The van der Waals surface area contributed by atoms with Crippen molar-refractivity contribution in [1.29, 1.82) is 0 Å². The Morgan fingerprint density at radius 1 is 1.28 bits per heavy atom. The number of rotatable bonds is 8. The van der Waals surface area contributed by atoms with E-state index in [9.17, 15) is 13.2 Å². The molecule has 0 atom stereocenters. The van der Waals surface area contributed by atoms with E-state index in [0.29, 0.717) is 27.7 Å². The number of fused-ring (bicyclic) bond motifs is 1. The van der Waals surface area contributed by atoms with Gasteiger partial charge in [-0.3, -0.25) is 9.52 Å². The molecule has 0 saturated heterocycles. The first-order valence-corrected chi connectivity index (χ1v) is 13.0. The predicted molar refractivity (Wildman–Crippen MR) is 127 cm³/mol. The number of oxazole rings is 1. The first-order valence-electron chi connectivity index (χ1n) is 8.94.